The van der Waals surface area contributed by atoms with Crippen molar-refractivity contribution in [3.05, 3.63) is 35.9 Å². The summed E-state index contributed by atoms with van der Waals surface area (Å²) in [5.41, 5.74) is 7.64. The van der Waals surface area contributed by atoms with Crippen LogP contribution >= 0.6 is 0 Å². The summed E-state index contributed by atoms with van der Waals surface area (Å²) in [6, 6.07) is 10.7. The summed E-state index contributed by atoms with van der Waals surface area (Å²) < 4.78 is 5.21. The summed E-state index contributed by atoms with van der Waals surface area (Å²) in [7, 11) is 3.87. The van der Waals surface area contributed by atoms with Crippen molar-refractivity contribution in [3.8, 4) is 0 Å². The number of methoxy groups -OCH3 is 1. The molecule has 2 N–H and O–H groups in total. The van der Waals surface area contributed by atoms with Crippen LogP contribution in [0.5, 0.6) is 0 Å². The lowest BCUT2D eigenvalue weighted by molar-refractivity contribution is 0.0824. The van der Waals surface area contributed by atoms with E-state index in [1.54, 1.807) is 7.11 Å². The van der Waals surface area contributed by atoms with Gasteiger partial charge >= 0.3 is 0 Å². The van der Waals surface area contributed by atoms with Gasteiger partial charge in [-0.2, -0.15) is 0 Å². The van der Waals surface area contributed by atoms with Crippen LogP contribution in [0, 0.1) is 5.41 Å². The molecule has 0 aliphatic carbocycles. The predicted octanol–water partition coefficient (Wildman–Crippen LogP) is 2.68. The van der Waals surface area contributed by atoms with Crippen molar-refractivity contribution in [1.82, 2.24) is 4.90 Å². The fourth-order valence-electron chi connectivity index (χ4n) is 2.38. The van der Waals surface area contributed by atoms with E-state index in [1.165, 1.54) is 5.56 Å². The maximum atomic E-state index is 6.44. The number of benzene rings is 1. The number of rotatable bonds is 7. The van der Waals surface area contributed by atoms with E-state index in [9.17, 15) is 0 Å². The zero-order chi connectivity index (χ0) is 14.5. The molecule has 3 nitrogen and oxygen atoms in total. The molecule has 1 rings (SSSR count). The Bertz CT molecular complexity index is 364. The number of ether oxygens (including phenoxy) is 1. The molecule has 0 aliphatic rings. The average molecular weight is 264 g/mol. The van der Waals surface area contributed by atoms with Gasteiger partial charge in [0.2, 0.25) is 0 Å². The van der Waals surface area contributed by atoms with Gasteiger partial charge in [-0.05, 0) is 24.9 Å². The number of nitrogens with two attached hydrogens (primary N) is 1. The smallest absolute Gasteiger partial charge is 0.0615 e. The monoisotopic (exact) mass is 264 g/mol. The minimum atomic E-state index is 0.0120. The number of nitrogens with zero attached hydrogens (tertiary/aromatic N) is 1. The molecule has 2 unspecified atom stereocenters. The minimum absolute atomic E-state index is 0.0120. The molecule has 0 saturated carbocycles. The largest absolute Gasteiger partial charge is 0.383 e. The molecule has 0 aliphatic heterocycles. The molecule has 0 aromatic heterocycles. The lowest BCUT2D eigenvalue weighted by atomic mass is 9.80. The Hall–Kier alpha value is -0.900. The lowest BCUT2D eigenvalue weighted by Gasteiger charge is -2.37. The number of hydrogen-bond donors (Lipinski definition) is 1. The molecule has 0 heterocycles. The molecular weight excluding hydrogens is 236 g/mol. The molecule has 19 heavy (non-hydrogen) atoms. The molecule has 0 spiro atoms. The number of hydrogen-bond acceptors (Lipinski definition) is 3. The van der Waals surface area contributed by atoms with E-state index in [1.807, 2.05) is 18.2 Å². The molecule has 0 fully saturated rings. The van der Waals surface area contributed by atoms with Crippen LogP contribution in [0.1, 0.15) is 32.4 Å². The second-order valence-corrected chi connectivity index (χ2v) is 6.10. The summed E-state index contributed by atoms with van der Waals surface area (Å²) in [6.45, 7) is 8.30. The van der Waals surface area contributed by atoms with E-state index < -0.39 is 0 Å². The van der Waals surface area contributed by atoms with Gasteiger partial charge in [0.15, 0.2) is 0 Å². The maximum absolute atomic E-state index is 6.44. The van der Waals surface area contributed by atoms with Crippen LogP contribution in [-0.4, -0.2) is 38.3 Å². The normalized spacial score (nSPS) is 15.5. The Morgan fingerprint density at radius 1 is 1.26 bits per heavy atom. The average Bonchev–Trinajstić information content (AvgIpc) is 2.38. The van der Waals surface area contributed by atoms with Crippen LogP contribution in [0.3, 0.4) is 0 Å². The molecule has 2 atom stereocenters. The topological polar surface area (TPSA) is 38.5 Å². The van der Waals surface area contributed by atoms with Crippen LogP contribution < -0.4 is 5.73 Å². The second-order valence-electron chi connectivity index (χ2n) is 6.10. The zero-order valence-electron chi connectivity index (χ0n) is 12.9. The summed E-state index contributed by atoms with van der Waals surface area (Å²) in [6.07, 6.45) is 0. The van der Waals surface area contributed by atoms with Gasteiger partial charge in [-0.3, -0.25) is 0 Å². The first-order valence-electron chi connectivity index (χ1n) is 6.88. The van der Waals surface area contributed by atoms with E-state index in [4.69, 9.17) is 10.5 Å². The molecule has 1 aromatic rings. The lowest BCUT2D eigenvalue weighted by Crippen LogP contribution is -2.43. The Kier molecular flexibility index (Phi) is 5.98. The quantitative estimate of drug-likeness (QED) is 0.823. The molecule has 1 aromatic carbocycles. The van der Waals surface area contributed by atoms with Crippen molar-refractivity contribution in [2.75, 3.05) is 27.3 Å². The summed E-state index contributed by atoms with van der Waals surface area (Å²) >= 11 is 0. The van der Waals surface area contributed by atoms with Gasteiger partial charge in [0.05, 0.1) is 6.61 Å². The third-order valence-corrected chi connectivity index (χ3v) is 3.82. The third-order valence-electron chi connectivity index (χ3n) is 3.82. The van der Waals surface area contributed by atoms with Crippen molar-refractivity contribution in [3.63, 3.8) is 0 Å². The zero-order valence-corrected chi connectivity index (χ0v) is 12.9. The Morgan fingerprint density at radius 3 is 2.37 bits per heavy atom. The fraction of sp³-hybridized carbons (Fsp3) is 0.625. The van der Waals surface area contributed by atoms with E-state index in [0.29, 0.717) is 6.04 Å². The van der Waals surface area contributed by atoms with Gasteiger partial charge in [-0.15, -0.1) is 0 Å². The SMILES string of the molecule is COCC(C)N(C)CC(C)(C)C(N)c1ccccc1. The first kappa shape index (κ1) is 16.2. The Balaban J connectivity index is 2.69. The van der Waals surface area contributed by atoms with E-state index in [0.717, 1.165) is 13.2 Å². The summed E-state index contributed by atoms with van der Waals surface area (Å²) in [5, 5.41) is 0. The van der Waals surface area contributed by atoms with E-state index in [2.05, 4.69) is 44.9 Å². The van der Waals surface area contributed by atoms with Crippen LogP contribution in [0.4, 0.5) is 0 Å². The highest BCUT2D eigenvalue weighted by molar-refractivity contribution is 5.20. The minimum Gasteiger partial charge on any atom is -0.383 e. The predicted molar refractivity (Wildman–Crippen MR) is 81.1 cm³/mol. The van der Waals surface area contributed by atoms with Crippen molar-refractivity contribution in [1.29, 1.82) is 0 Å². The second kappa shape index (κ2) is 7.04. The van der Waals surface area contributed by atoms with Crippen LogP contribution in [0.25, 0.3) is 0 Å². The van der Waals surface area contributed by atoms with Crippen molar-refractivity contribution >= 4 is 0 Å². The standard InChI is InChI=1S/C16H28N2O/c1-13(11-19-5)18(4)12-16(2,3)15(17)14-9-7-6-8-10-14/h6-10,13,15H,11-12,17H2,1-5H3. The van der Waals surface area contributed by atoms with Gasteiger partial charge < -0.3 is 15.4 Å². The first-order valence-corrected chi connectivity index (χ1v) is 6.88. The highest BCUT2D eigenvalue weighted by Gasteiger charge is 2.30. The highest BCUT2D eigenvalue weighted by Crippen LogP contribution is 2.32. The number of likely N-dealkylation sites (N-methyl/N-ethyl adjacent to an activating group) is 1. The molecule has 0 radical (unpaired) electrons. The molecule has 0 bridgehead atoms. The molecule has 0 saturated heterocycles. The van der Waals surface area contributed by atoms with Crippen molar-refractivity contribution in [2.24, 2.45) is 11.1 Å². The Morgan fingerprint density at radius 2 is 1.84 bits per heavy atom. The Labute approximate surface area is 117 Å². The van der Waals surface area contributed by atoms with Gasteiger partial charge in [-0.1, -0.05) is 44.2 Å². The molecule has 3 heteroatoms. The van der Waals surface area contributed by atoms with Gasteiger partial charge in [0.1, 0.15) is 0 Å². The molecule has 108 valence electrons. The van der Waals surface area contributed by atoms with Gasteiger partial charge in [0.25, 0.3) is 0 Å². The summed E-state index contributed by atoms with van der Waals surface area (Å²) in [5.74, 6) is 0. The first-order chi connectivity index (χ1) is 8.88. The maximum Gasteiger partial charge on any atom is 0.0615 e. The van der Waals surface area contributed by atoms with Crippen LogP contribution in [0.2, 0.25) is 0 Å². The summed E-state index contributed by atoms with van der Waals surface area (Å²) in [4.78, 5) is 2.31. The fourth-order valence-corrected chi connectivity index (χ4v) is 2.38. The van der Waals surface area contributed by atoms with E-state index in [-0.39, 0.29) is 11.5 Å². The van der Waals surface area contributed by atoms with Crippen molar-refractivity contribution in [2.45, 2.75) is 32.9 Å². The van der Waals surface area contributed by atoms with Gasteiger partial charge in [-0.25, -0.2) is 0 Å². The van der Waals surface area contributed by atoms with E-state index >= 15 is 0 Å². The third kappa shape index (κ3) is 4.60. The van der Waals surface area contributed by atoms with Crippen molar-refractivity contribution < 1.29 is 4.74 Å². The van der Waals surface area contributed by atoms with Gasteiger partial charge in [0, 0.05) is 25.7 Å². The highest BCUT2D eigenvalue weighted by atomic mass is 16.5. The van der Waals surface area contributed by atoms with Crippen LogP contribution in [0.15, 0.2) is 30.3 Å². The molecular formula is C16H28N2O. The van der Waals surface area contributed by atoms with Crippen LogP contribution in [-0.2, 0) is 4.74 Å². The molecule has 0 amide bonds.